The molecular weight excluding hydrogens is 379 g/mol. The van der Waals surface area contributed by atoms with Crippen molar-refractivity contribution < 1.29 is 41.1 Å². The van der Waals surface area contributed by atoms with Crippen molar-refractivity contribution in [1.29, 1.82) is 0 Å². The van der Waals surface area contributed by atoms with Gasteiger partial charge in [-0.15, -0.1) is 0 Å². The van der Waals surface area contributed by atoms with Crippen LogP contribution in [-0.2, 0) is 20.9 Å². The highest BCUT2D eigenvalue weighted by atomic mass is 19.2. The summed E-state index contributed by atoms with van der Waals surface area (Å²) in [5.74, 6) is -12.8. The number of carbonyl (C=O) groups is 3. The average molecular weight is 392 g/mol. The van der Waals surface area contributed by atoms with Crippen LogP contribution >= 0.6 is 0 Å². The summed E-state index contributed by atoms with van der Waals surface area (Å²) in [6.45, 7) is -2.10. The molecule has 1 N–H and O–H groups in total. The number of amides is 3. The minimum atomic E-state index is -2.33. The number of halogens is 5. The number of carbonyl (C=O) groups excluding carboxylic acids is 3. The van der Waals surface area contributed by atoms with Crippen LogP contribution in [0.15, 0.2) is 0 Å². The zero-order chi connectivity index (χ0) is 19.9. The fourth-order valence-corrected chi connectivity index (χ4v) is 3.24. The summed E-state index contributed by atoms with van der Waals surface area (Å²) >= 11 is 0. The van der Waals surface area contributed by atoms with Gasteiger partial charge in [0.05, 0.1) is 5.56 Å². The molecule has 27 heavy (non-hydrogen) atoms. The van der Waals surface area contributed by atoms with Gasteiger partial charge in [0.25, 0.3) is 5.91 Å². The van der Waals surface area contributed by atoms with Crippen molar-refractivity contribution in [3.05, 3.63) is 34.6 Å². The molecule has 1 spiro atoms. The molecular formula is C16H13F5N2O4. The quantitative estimate of drug-likeness (QED) is 0.281. The summed E-state index contributed by atoms with van der Waals surface area (Å²) in [5.41, 5.74) is -2.39. The summed E-state index contributed by atoms with van der Waals surface area (Å²) in [4.78, 5) is 36.7. The lowest BCUT2D eigenvalue weighted by atomic mass is 9.98. The number of esters is 1. The zero-order valence-corrected chi connectivity index (χ0v) is 13.7. The van der Waals surface area contributed by atoms with Crippen LogP contribution in [0.2, 0.25) is 0 Å². The number of rotatable bonds is 4. The van der Waals surface area contributed by atoms with Gasteiger partial charge in [-0.25, -0.2) is 26.7 Å². The second-order valence-electron chi connectivity index (χ2n) is 6.32. The molecule has 2 aliphatic rings. The Balaban J connectivity index is 1.68. The Bertz CT molecular complexity index is 810. The zero-order valence-electron chi connectivity index (χ0n) is 13.7. The molecule has 0 bridgehead atoms. The number of benzene rings is 1. The van der Waals surface area contributed by atoms with E-state index < -0.39 is 71.2 Å². The van der Waals surface area contributed by atoms with Crippen LogP contribution in [-0.4, -0.2) is 34.9 Å². The van der Waals surface area contributed by atoms with Crippen LogP contribution in [0.3, 0.4) is 0 Å². The SMILES string of the molecule is O=C(CN1C(=O)NC2(CCCC2)C1=O)OCc1c(F)c(F)c(F)c(F)c1F. The topological polar surface area (TPSA) is 75.7 Å². The van der Waals surface area contributed by atoms with Crippen LogP contribution in [0.25, 0.3) is 0 Å². The Hall–Kier alpha value is -2.72. The Labute approximate surface area is 149 Å². The lowest BCUT2D eigenvalue weighted by Gasteiger charge is -2.19. The Morgan fingerprint density at radius 2 is 1.48 bits per heavy atom. The van der Waals surface area contributed by atoms with Crippen molar-refractivity contribution in [2.75, 3.05) is 6.54 Å². The fourth-order valence-electron chi connectivity index (χ4n) is 3.24. The third-order valence-electron chi connectivity index (χ3n) is 4.67. The molecule has 2 fully saturated rings. The van der Waals surface area contributed by atoms with Gasteiger partial charge in [-0.2, -0.15) is 0 Å². The summed E-state index contributed by atoms with van der Waals surface area (Å²) in [6.07, 6.45) is 2.30. The largest absolute Gasteiger partial charge is 0.459 e. The molecule has 6 nitrogen and oxygen atoms in total. The Morgan fingerprint density at radius 1 is 0.963 bits per heavy atom. The van der Waals surface area contributed by atoms with E-state index in [2.05, 4.69) is 10.1 Å². The van der Waals surface area contributed by atoms with Crippen LogP contribution in [0.4, 0.5) is 26.7 Å². The summed E-state index contributed by atoms with van der Waals surface area (Å²) < 4.78 is 70.8. The van der Waals surface area contributed by atoms with Gasteiger partial charge >= 0.3 is 12.0 Å². The fraction of sp³-hybridized carbons (Fsp3) is 0.438. The smallest absolute Gasteiger partial charge is 0.326 e. The molecule has 0 atom stereocenters. The van der Waals surface area contributed by atoms with Crippen molar-refractivity contribution in [2.24, 2.45) is 0 Å². The first-order valence-electron chi connectivity index (χ1n) is 7.98. The molecule has 1 aromatic carbocycles. The highest BCUT2D eigenvalue weighted by Gasteiger charge is 2.52. The van der Waals surface area contributed by atoms with E-state index in [1.807, 2.05) is 0 Å². The normalized spacial score (nSPS) is 18.3. The lowest BCUT2D eigenvalue weighted by molar-refractivity contribution is -0.149. The number of imide groups is 1. The molecule has 146 valence electrons. The second kappa shape index (κ2) is 6.78. The van der Waals surface area contributed by atoms with Gasteiger partial charge < -0.3 is 10.1 Å². The first-order chi connectivity index (χ1) is 12.7. The standard InChI is InChI=1S/C16H13F5N2O4/c17-9-7(10(18)12(20)13(21)11(9)19)6-27-8(24)5-23-14(25)16(22-15(23)26)3-1-2-4-16/h1-6H2,(H,22,26). The van der Waals surface area contributed by atoms with Gasteiger partial charge in [-0.05, 0) is 12.8 Å². The minimum Gasteiger partial charge on any atom is -0.459 e. The molecule has 3 amide bonds. The molecule has 1 saturated heterocycles. The predicted octanol–water partition coefficient (Wildman–Crippen LogP) is 2.29. The number of urea groups is 1. The van der Waals surface area contributed by atoms with E-state index in [0.29, 0.717) is 17.7 Å². The predicted molar refractivity (Wildman–Crippen MR) is 77.5 cm³/mol. The van der Waals surface area contributed by atoms with Crippen molar-refractivity contribution in [1.82, 2.24) is 10.2 Å². The molecule has 0 radical (unpaired) electrons. The molecule has 1 aliphatic heterocycles. The molecule has 1 aliphatic carbocycles. The molecule has 0 unspecified atom stereocenters. The van der Waals surface area contributed by atoms with Crippen LogP contribution < -0.4 is 5.32 Å². The van der Waals surface area contributed by atoms with Crippen molar-refractivity contribution in [3.63, 3.8) is 0 Å². The van der Waals surface area contributed by atoms with E-state index in [9.17, 15) is 36.3 Å². The maximum Gasteiger partial charge on any atom is 0.326 e. The minimum absolute atomic E-state index is 0.424. The maximum absolute atomic E-state index is 13.5. The van der Waals surface area contributed by atoms with Crippen LogP contribution in [0, 0.1) is 29.1 Å². The Morgan fingerprint density at radius 3 is 2.04 bits per heavy atom. The number of ether oxygens (including phenoxy) is 1. The number of nitrogens with one attached hydrogen (secondary N) is 1. The first-order valence-corrected chi connectivity index (χ1v) is 7.98. The Kier molecular flexibility index (Phi) is 4.79. The first kappa shape index (κ1) is 19.1. The van der Waals surface area contributed by atoms with Gasteiger partial charge in [-0.3, -0.25) is 14.5 Å². The van der Waals surface area contributed by atoms with Crippen molar-refractivity contribution >= 4 is 17.9 Å². The summed E-state index contributed by atoms with van der Waals surface area (Å²) in [7, 11) is 0. The van der Waals surface area contributed by atoms with E-state index >= 15 is 0 Å². The third-order valence-corrected chi connectivity index (χ3v) is 4.67. The molecule has 0 aromatic heterocycles. The monoisotopic (exact) mass is 392 g/mol. The molecule has 1 saturated carbocycles. The van der Waals surface area contributed by atoms with E-state index in [0.717, 1.165) is 12.8 Å². The number of hydrogen-bond acceptors (Lipinski definition) is 4. The third kappa shape index (κ3) is 3.10. The molecule has 11 heteroatoms. The van der Waals surface area contributed by atoms with E-state index in [1.54, 1.807) is 0 Å². The van der Waals surface area contributed by atoms with Crippen LogP contribution in [0.1, 0.15) is 31.2 Å². The average Bonchev–Trinajstić information content (AvgIpc) is 3.19. The lowest BCUT2D eigenvalue weighted by Crippen LogP contribution is -2.44. The summed E-state index contributed by atoms with van der Waals surface area (Å²) in [5, 5.41) is 2.52. The highest BCUT2D eigenvalue weighted by Crippen LogP contribution is 2.35. The second-order valence-corrected chi connectivity index (χ2v) is 6.32. The van der Waals surface area contributed by atoms with E-state index in [4.69, 9.17) is 0 Å². The van der Waals surface area contributed by atoms with Crippen LogP contribution in [0.5, 0.6) is 0 Å². The number of hydrogen-bond donors (Lipinski definition) is 1. The van der Waals surface area contributed by atoms with Gasteiger partial charge in [0.15, 0.2) is 23.3 Å². The molecule has 1 aromatic rings. The van der Waals surface area contributed by atoms with E-state index in [-0.39, 0.29) is 0 Å². The van der Waals surface area contributed by atoms with Crippen molar-refractivity contribution in [3.8, 4) is 0 Å². The van der Waals surface area contributed by atoms with Gasteiger partial charge in [0.2, 0.25) is 5.82 Å². The molecule has 3 rings (SSSR count). The summed E-state index contributed by atoms with van der Waals surface area (Å²) in [6, 6.07) is -0.810. The maximum atomic E-state index is 13.5. The van der Waals surface area contributed by atoms with Gasteiger partial charge in [0, 0.05) is 0 Å². The van der Waals surface area contributed by atoms with Gasteiger partial charge in [-0.1, -0.05) is 12.8 Å². The van der Waals surface area contributed by atoms with E-state index in [1.165, 1.54) is 0 Å². The highest BCUT2D eigenvalue weighted by molar-refractivity contribution is 6.08. The molecule has 1 heterocycles. The van der Waals surface area contributed by atoms with Crippen molar-refractivity contribution in [2.45, 2.75) is 37.8 Å². The number of nitrogens with zero attached hydrogens (tertiary/aromatic N) is 1. The van der Waals surface area contributed by atoms with Gasteiger partial charge in [0.1, 0.15) is 18.7 Å².